The maximum atomic E-state index is 10.8. The number of nitrogens with zero attached hydrogens (tertiary/aromatic N) is 4. The first-order chi connectivity index (χ1) is 11.4. The third-order valence-electron chi connectivity index (χ3n) is 4.26. The third-order valence-corrected chi connectivity index (χ3v) is 4.91. The van der Waals surface area contributed by atoms with E-state index in [0.29, 0.717) is 22.9 Å². The van der Waals surface area contributed by atoms with Crippen LogP contribution in [0, 0.1) is 11.8 Å². The van der Waals surface area contributed by atoms with Crippen LogP contribution in [0.4, 0.5) is 5.82 Å². The summed E-state index contributed by atoms with van der Waals surface area (Å²) in [6.45, 7) is 0.808. The Labute approximate surface area is 143 Å². The highest BCUT2D eigenvalue weighted by Gasteiger charge is 2.28. The number of phosphoric acid groups is 1. The summed E-state index contributed by atoms with van der Waals surface area (Å²) in [6, 6.07) is 0. The number of rotatable bonds is 6. The van der Waals surface area contributed by atoms with Crippen molar-refractivity contribution in [3.05, 3.63) is 11.6 Å². The van der Waals surface area contributed by atoms with Gasteiger partial charge < -0.3 is 19.7 Å². The summed E-state index contributed by atoms with van der Waals surface area (Å²) in [5, 5.41) is 3.11. The van der Waals surface area contributed by atoms with Gasteiger partial charge in [0.15, 0.2) is 17.0 Å². The van der Waals surface area contributed by atoms with Crippen LogP contribution in [0.3, 0.4) is 0 Å². The number of phosphoric ester groups is 1. The van der Waals surface area contributed by atoms with Crippen molar-refractivity contribution in [1.82, 2.24) is 19.5 Å². The van der Waals surface area contributed by atoms with Gasteiger partial charge in [-0.25, -0.2) is 9.55 Å². The van der Waals surface area contributed by atoms with Gasteiger partial charge in [-0.3, -0.25) is 4.52 Å². The van der Waals surface area contributed by atoms with Crippen molar-refractivity contribution in [1.29, 1.82) is 0 Å². The van der Waals surface area contributed by atoms with Crippen molar-refractivity contribution in [2.24, 2.45) is 11.8 Å². The van der Waals surface area contributed by atoms with Crippen molar-refractivity contribution < 1.29 is 18.9 Å². The van der Waals surface area contributed by atoms with Gasteiger partial charge in [-0.15, -0.1) is 0 Å². The molecule has 0 spiro atoms. The van der Waals surface area contributed by atoms with Gasteiger partial charge in [0.25, 0.3) is 0 Å². The molecule has 2 heterocycles. The summed E-state index contributed by atoms with van der Waals surface area (Å²) < 4.78 is 17.4. The van der Waals surface area contributed by atoms with Crippen LogP contribution in [0.25, 0.3) is 11.2 Å². The average Bonchev–Trinajstić information content (AvgIpc) is 3.12. The summed E-state index contributed by atoms with van der Waals surface area (Å²) >= 11 is 5.96. The Morgan fingerprint density at radius 2 is 2.17 bits per heavy atom. The Kier molecular flexibility index (Phi) is 5.08. The molecule has 132 valence electrons. The lowest BCUT2D eigenvalue weighted by Crippen LogP contribution is -2.10. The van der Waals surface area contributed by atoms with E-state index in [2.05, 4.69) is 24.8 Å². The van der Waals surface area contributed by atoms with E-state index < -0.39 is 7.82 Å². The molecule has 0 aromatic carbocycles. The Morgan fingerprint density at radius 3 is 2.88 bits per heavy atom. The van der Waals surface area contributed by atoms with Gasteiger partial charge in [0.1, 0.15) is 0 Å². The second-order valence-corrected chi connectivity index (χ2v) is 7.57. The predicted molar refractivity (Wildman–Crippen MR) is 88.7 cm³/mol. The van der Waals surface area contributed by atoms with E-state index in [1.807, 2.05) is 4.57 Å². The molecule has 1 fully saturated rings. The monoisotopic (exact) mass is 375 g/mol. The summed E-state index contributed by atoms with van der Waals surface area (Å²) in [4.78, 5) is 30.3. The molecule has 11 heteroatoms. The number of halogens is 1. The lowest BCUT2D eigenvalue weighted by molar-refractivity contribution is 0.167. The van der Waals surface area contributed by atoms with E-state index in [1.165, 1.54) is 0 Å². The minimum atomic E-state index is -4.40. The standard InChI is InChI=1S/C13H19ClN5O4P/c1-15-11-10-12(18-13(14)17-11)19(7-16-10)5-8-2-3-9(4-8)6-23-24(20,21)22/h7-9H,2-6H2,1H3,(H,15,17,18)(H2,20,21,22)/t8-,9+/m0/s1. The van der Waals surface area contributed by atoms with Crippen LogP contribution < -0.4 is 5.32 Å². The summed E-state index contributed by atoms with van der Waals surface area (Å²) in [7, 11) is -2.65. The van der Waals surface area contributed by atoms with Gasteiger partial charge >= 0.3 is 7.82 Å². The molecule has 1 aliphatic rings. The third kappa shape index (κ3) is 4.04. The van der Waals surface area contributed by atoms with E-state index >= 15 is 0 Å². The number of hydrogen-bond donors (Lipinski definition) is 3. The first-order valence-corrected chi connectivity index (χ1v) is 9.52. The first kappa shape index (κ1) is 17.6. The van der Waals surface area contributed by atoms with Crippen LogP contribution in [0.2, 0.25) is 5.28 Å². The average molecular weight is 376 g/mol. The minimum absolute atomic E-state index is 0.0867. The normalized spacial score (nSPS) is 21.5. The number of imidazole rings is 1. The largest absolute Gasteiger partial charge is 0.469 e. The molecule has 0 amide bonds. The fraction of sp³-hybridized carbons (Fsp3) is 0.615. The number of aromatic nitrogens is 4. The quantitative estimate of drug-likeness (QED) is 0.518. The molecule has 2 aromatic heterocycles. The van der Waals surface area contributed by atoms with Gasteiger partial charge in [-0.2, -0.15) is 9.97 Å². The zero-order valence-electron chi connectivity index (χ0n) is 13.1. The van der Waals surface area contributed by atoms with Gasteiger partial charge in [-0.1, -0.05) is 0 Å². The number of fused-ring (bicyclic) bond motifs is 1. The van der Waals surface area contributed by atoms with Gasteiger partial charge in [0, 0.05) is 13.6 Å². The molecule has 0 unspecified atom stereocenters. The zero-order chi connectivity index (χ0) is 17.3. The van der Waals surface area contributed by atoms with Crippen LogP contribution in [0.5, 0.6) is 0 Å². The molecule has 2 aromatic rings. The van der Waals surface area contributed by atoms with Gasteiger partial charge in [0.05, 0.1) is 12.9 Å². The molecule has 0 bridgehead atoms. The van der Waals surface area contributed by atoms with E-state index in [9.17, 15) is 4.57 Å². The lowest BCUT2D eigenvalue weighted by atomic mass is 10.1. The van der Waals surface area contributed by atoms with Crippen molar-refractivity contribution in [2.45, 2.75) is 25.8 Å². The number of nitrogens with one attached hydrogen (secondary N) is 1. The van der Waals surface area contributed by atoms with Crippen LogP contribution in [0.1, 0.15) is 19.3 Å². The number of hydrogen-bond acceptors (Lipinski definition) is 6. The Morgan fingerprint density at radius 1 is 1.42 bits per heavy atom. The molecule has 0 aliphatic heterocycles. The maximum absolute atomic E-state index is 10.8. The van der Waals surface area contributed by atoms with E-state index in [0.717, 1.165) is 25.8 Å². The molecule has 1 saturated carbocycles. The molecular formula is C13H19ClN5O4P. The predicted octanol–water partition coefficient (Wildman–Crippen LogP) is 2.05. The van der Waals surface area contributed by atoms with Crippen molar-refractivity contribution in [2.75, 3.05) is 19.0 Å². The van der Waals surface area contributed by atoms with E-state index in [1.54, 1.807) is 13.4 Å². The van der Waals surface area contributed by atoms with E-state index in [-0.39, 0.29) is 17.8 Å². The van der Waals surface area contributed by atoms with Crippen LogP contribution in [0.15, 0.2) is 6.33 Å². The van der Waals surface area contributed by atoms with Gasteiger partial charge in [-0.05, 0) is 42.7 Å². The van der Waals surface area contributed by atoms with Gasteiger partial charge in [0.2, 0.25) is 5.28 Å². The van der Waals surface area contributed by atoms with Crippen LogP contribution >= 0.6 is 19.4 Å². The second-order valence-electron chi connectivity index (χ2n) is 5.99. The highest BCUT2D eigenvalue weighted by Crippen LogP contribution is 2.40. The minimum Gasteiger partial charge on any atom is -0.371 e. The van der Waals surface area contributed by atoms with Crippen molar-refractivity contribution >= 4 is 36.4 Å². The maximum Gasteiger partial charge on any atom is 0.469 e. The fourth-order valence-corrected chi connectivity index (χ4v) is 3.77. The van der Waals surface area contributed by atoms with E-state index in [4.69, 9.17) is 21.4 Å². The van der Waals surface area contributed by atoms with Crippen LogP contribution in [-0.4, -0.2) is 43.0 Å². The Balaban J connectivity index is 1.68. The highest BCUT2D eigenvalue weighted by atomic mass is 35.5. The number of anilines is 1. The van der Waals surface area contributed by atoms with Crippen molar-refractivity contribution in [3.63, 3.8) is 0 Å². The summed E-state index contributed by atoms with van der Waals surface area (Å²) in [6.07, 6.45) is 4.41. The Bertz CT molecular complexity index is 779. The summed E-state index contributed by atoms with van der Waals surface area (Å²) in [5.41, 5.74) is 1.34. The first-order valence-electron chi connectivity index (χ1n) is 7.62. The zero-order valence-corrected chi connectivity index (χ0v) is 14.7. The molecule has 0 radical (unpaired) electrons. The van der Waals surface area contributed by atoms with Crippen molar-refractivity contribution in [3.8, 4) is 0 Å². The lowest BCUT2D eigenvalue weighted by Gasteiger charge is -2.13. The van der Waals surface area contributed by atoms with Crippen LogP contribution in [-0.2, 0) is 15.6 Å². The molecule has 2 atom stereocenters. The summed E-state index contributed by atoms with van der Waals surface area (Å²) in [5.74, 6) is 1.12. The molecule has 9 nitrogen and oxygen atoms in total. The fourth-order valence-electron chi connectivity index (χ4n) is 3.20. The second kappa shape index (κ2) is 6.93. The molecular weight excluding hydrogens is 357 g/mol. The molecule has 3 rings (SSSR count). The molecule has 0 saturated heterocycles. The highest BCUT2D eigenvalue weighted by molar-refractivity contribution is 7.46. The molecule has 3 N–H and O–H groups in total. The molecule has 24 heavy (non-hydrogen) atoms. The smallest absolute Gasteiger partial charge is 0.371 e. The Hall–Kier alpha value is -1.25. The molecule has 1 aliphatic carbocycles. The topological polar surface area (TPSA) is 122 Å². The SMILES string of the molecule is CNc1nc(Cl)nc2c1ncn2C[C@H]1CC[C@@H](COP(=O)(O)O)C1.